The minimum absolute atomic E-state index is 0.0241. The number of fused-ring (bicyclic) bond motifs is 1. The fourth-order valence-electron chi connectivity index (χ4n) is 2.14. The molecule has 0 saturated carbocycles. The molecule has 0 aromatic heterocycles. The molecule has 0 heterocycles. The lowest BCUT2D eigenvalue weighted by Gasteiger charge is -2.11. The van der Waals surface area contributed by atoms with E-state index in [0.717, 1.165) is 17.3 Å². The molecule has 0 aliphatic heterocycles. The average molecular weight is 337 g/mol. The monoisotopic (exact) mass is 336 g/mol. The van der Waals surface area contributed by atoms with Crippen LogP contribution in [0.3, 0.4) is 0 Å². The molecule has 23 heavy (non-hydrogen) atoms. The molecule has 6 heteroatoms. The fourth-order valence-corrected chi connectivity index (χ4v) is 2.37. The molecule has 0 aliphatic rings. The van der Waals surface area contributed by atoms with Crippen LogP contribution in [0.4, 0.5) is 0 Å². The molecule has 0 radical (unpaired) electrons. The predicted molar refractivity (Wildman–Crippen MR) is 92.2 cm³/mol. The lowest BCUT2D eigenvalue weighted by atomic mass is 10.1. The molecular weight excluding hydrogens is 316 g/mol. The Balaban J connectivity index is 1.80. The van der Waals surface area contributed by atoms with Gasteiger partial charge in [0.25, 0.3) is 5.91 Å². The van der Waals surface area contributed by atoms with E-state index in [9.17, 15) is 4.79 Å². The minimum Gasteiger partial charge on any atom is -0.483 e. The van der Waals surface area contributed by atoms with Crippen LogP contribution >= 0.6 is 11.6 Å². The molecule has 0 unspecified atom stereocenters. The molecule has 0 atom stereocenters. The maximum absolute atomic E-state index is 11.8. The largest absolute Gasteiger partial charge is 0.483 e. The molecular formula is C17H21ClN2O3. The number of ether oxygens (including phenoxy) is 2. The van der Waals surface area contributed by atoms with Gasteiger partial charge in [-0.2, -0.15) is 0 Å². The summed E-state index contributed by atoms with van der Waals surface area (Å²) in [7, 11) is 1.65. The number of benzene rings is 2. The van der Waals surface area contributed by atoms with Gasteiger partial charge in [0.15, 0.2) is 6.61 Å². The van der Waals surface area contributed by atoms with Crippen molar-refractivity contribution in [3.8, 4) is 5.75 Å². The van der Waals surface area contributed by atoms with Gasteiger partial charge in [-0.1, -0.05) is 35.9 Å². The van der Waals surface area contributed by atoms with Crippen molar-refractivity contribution >= 4 is 28.3 Å². The molecule has 0 bridgehead atoms. The summed E-state index contributed by atoms with van der Waals surface area (Å²) < 4.78 is 10.5. The van der Waals surface area contributed by atoms with Gasteiger partial charge < -0.3 is 20.1 Å². The highest BCUT2D eigenvalue weighted by Gasteiger charge is 2.07. The van der Waals surface area contributed by atoms with Gasteiger partial charge in [0.1, 0.15) is 5.75 Å². The Morgan fingerprint density at radius 2 is 1.87 bits per heavy atom. The van der Waals surface area contributed by atoms with E-state index < -0.39 is 0 Å². The fraction of sp³-hybridized carbons (Fsp3) is 0.353. The van der Waals surface area contributed by atoms with Crippen LogP contribution in [-0.2, 0) is 9.53 Å². The first-order valence-corrected chi connectivity index (χ1v) is 7.86. The number of halogens is 1. The van der Waals surface area contributed by atoms with Crippen LogP contribution in [0, 0.1) is 0 Å². The Morgan fingerprint density at radius 3 is 2.65 bits per heavy atom. The Bertz CT molecular complexity index is 649. The highest BCUT2D eigenvalue weighted by Crippen LogP contribution is 2.31. The van der Waals surface area contributed by atoms with Gasteiger partial charge >= 0.3 is 0 Å². The summed E-state index contributed by atoms with van der Waals surface area (Å²) in [6, 6.07) is 11.2. The summed E-state index contributed by atoms with van der Waals surface area (Å²) >= 11 is 6.16. The van der Waals surface area contributed by atoms with Crippen LogP contribution < -0.4 is 15.4 Å². The van der Waals surface area contributed by atoms with Gasteiger partial charge in [0.2, 0.25) is 0 Å². The van der Waals surface area contributed by atoms with E-state index in [4.69, 9.17) is 21.1 Å². The summed E-state index contributed by atoms with van der Waals surface area (Å²) in [5.41, 5.74) is 0. The third-order valence-corrected chi connectivity index (χ3v) is 3.63. The molecule has 0 spiro atoms. The summed E-state index contributed by atoms with van der Waals surface area (Å²) in [5.74, 6) is 0.496. The van der Waals surface area contributed by atoms with E-state index in [1.165, 1.54) is 0 Å². The third-order valence-electron chi connectivity index (χ3n) is 3.30. The lowest BCUT2D eigenvalue weighted by Crippen LogP contribution is -2.35. The second kappa shape index (κ2) is 9.35. The van der Waals surface area contributed by atoms with Gasteiger partial charge in [-0.3, -0.25) is 4.79 Å². The predicted octanol–water partition coefficient (Wildman–Crippen LogP) is 2.22. The van der Waals surface area contributed by atoms with E-state index in [0.29, 0.717) is 30.5 Å². The van der Waals surface area contributed by atoms with Gasteiger partial charge in [-0.25, -0.2) is 0 Å². The zero-order valence-electron chi connectivity index (χ0n) is 13.1. The Kier molecular flexibility index (Phi) is 7.13. The first-order valence-electron chi connectivity index (χ1n) is 7.49. The third kappa shape index (κ3) is 5.39. The minimum atomic E-state index is -0.155. The molecule has 2 rings (SSSR count). The number of carbonyl (C=O) groups excluding carboxylic acids is 1. The molecule has 2 aromatic carbocycles. The topological polar surface area (TPSA) is 59.6 Å². The van der Waals surface area contributed by atoms with E-state index in [2.05, 4.69) is 10.6 Å². The Labute approximate surface area is 140 Å². The summed E-state index contributed by atoms with van der Waals surface area (Å²) in [4.78, 5) is 11.8. The second-order valence-corrected chi connectivity index (χ2v) is 5.38. The summed E-state index contributed by atoms with van der Waals surface area (Å²) in [5, 5.41) is 8.42. The first-order chi connectivity index (χ1) is 11.2. The summed E-state index contributed by atoms with van der Waals surface area (Å²) in [6.45, 7) is 2.64. The standard InChI is InChI=1S/C17H21ClN2O3/c1-22-11-10-19-8-9-20-17(21)12-23-16-7-6-15(18)13-4-2-3-5-14(13)16/h2-7,19H,8-12H2,1H3,(H,20,21). The first kappa shape index (κ1) is 17.5. The van der Waals surface area contributed by atoms with Crippen LogP contribution in [0.25, 0.3) is 10.8 Å². The molecule has 2 aromatic rings. The molecule has 2 N–H and O–H groups in total. The van der Waals surface area contributed by atoms with Gasteiger partial charge in [0, 0.05) is 42.5 Å². The highest BCUT2D eigenvalue weighted by atomic mass is 35.5. The Hall–Kier alpha value is -1.82. The molecule has 124 valence electrons. The lowest BCUT2D eigenvalue weighted by molar-refractivity contribution is -0.123. The molecule has 0 fully saturated rings. The van der Waals surface area contributed by atoms with Crippen LogP contribution in [-0.4, -0.2) is 45.9 Å². The average Bonchev–Trinajstić information content (AvgIpc) is 2.58. The number of rotatable bonds is 9. The maximum Gasteiger partial charge on any atom is 0.257 e. The van der Waals surface area contributed by atoms with Crippen molar-refractivity contribution in [1.29, 1.82) is 0 Å². The zero-order valence-corrected chi connectivity index (χ0v) is 13.9. The van der Waals surface area contributed by atoms with E-state index in [1.807, 2.05) is 24.3 Å². The number of methoxy groups -OCH3 is 1. The second-order valence-electron chi connectivity index (χ2n) is 4.97. The van der Waals surface area contributed by atoms with Crippen molar-refractivity contribution in [2.24, 2.45) is 0 Å². The smallest absolute Gasteiger partial charge is 0.257 e. The number of carbonyl (C=O) groups is 1. The van der Waals surface area contributed by atoms with Crippen molar-refractivity contribution < 1.29 is 14.3 Å². The number of hydrogen-bond donors (Lipinski definition) is 2. The van der Waals surface area contributed by atoms with E-state index >= 15 is 0 Å². The molecule has 0 aliphatic carbocycles. The molecule has 1 amide bonds. The van der Waals surface area contributed by atoms with Gasteiger partial charge in [0.05, 0.1) is 6.61 Å². The number of nitrogens with one attached hydrogen (secondary N) is 2. The molecule has 0 saturated heterocycles. The van der Waals surface area contributed by atoms with Crippen molar-refractivity contribution in [3.63, 3.8) is 0 Å². The van der Waals surface area contributed by atoms with Crippen molar-refractivity contribution in [2.45, 2.75) is 0 Å². The highest BCUT2D eigenvalue weighted by molar-refractivity contribution is 6.35. The van der Waals surface area contributed by atoms with Crippen molar-refractivity contribution in [3.05, 3.63) is 41.4 Å². The summed E-state index contributed by atoms with van der Waals surface area (Å²) in [6.07, 6.45) is 0. The normalized spacial score (nSPS) is 10.7. The van der Waals surface area contributed by atoms with Crippen LogP contribution in [0.5, 0.6) is 5.75 Å². The zero-order chi connectivity index (χ0) is 16.5. The maximum atomic E-state index is 11.8. The van der Waals surface area contributed by atoms with Gasteiger partial charge in [-0.15, -0.1) is 0 Å². The number of hydrogen-bond acceptors (Lipinski definition) is 4. The van der Waals surface area contributed by atoms with Crippen molar-refractivity contribution in [2.75, 3.05) is 40.0 Å². The van der Waals surface area contributed by atoms with E-state index in [-0.39, 0.29) is 12.5 Å². The van der Waals surface area contributed by atoms with Crippen LogP contribution in [0.1, 0.15) is 0 Å². The van der Waals surface area contributed by atoms with Crippen molar-refractivity contribution in [1.82, 2.24) is 10.6 Å². The van der Waals surface area contributed by atoms with E-state index in [1.54, 1.807) is 19.2 Å². The Morgan fingerprint density at radius 1 is 1.09 bits per heavy atom. The van der Waals surface area contributed by atoms with Crippen LogP contribution in [0.2, 0.25) is 5.02 Å². The quantitative estimate of drug-likeness (QED) is 0.689. The van der Waals surface area contributed by atoms with Gasteiger partial charge in [-0.05, 0) is 12.1 Å². The van der Waals surface area contributed by atoms with Crippen LogP contribution in [0.15, 0.2) is 36.4 Å². The SMILES string of the molecule is COCCNCCNC(=O)COc1ccc(Cl)c2ccccc12. The molecule has 5 nitrogen and oxygen atoms in total. The number of amides is 1.